The fourth-order valence-corrected chi connectivity index (χ4v) is 1.68. The average molecular weight is 265 g/mol. The molecule has 1 aromatic carbocycles. The minimum atomic E-state index is -4.47. The van der Waals surface area contributed by atoms with Crippen LogP contribution in [0, 0.1) is 0 Å². The Morgan fingerprint density at radius 2 is 1.76 bits per heavy atom. The molecule has 17 heavy (non-hydrogen) atoms. The van der Waals surface area contributed by atoms with E-state index in [-0.39, 0.29) is 5.75 Å². The molecule has 96 valence electrons. The lowest BCUT2D eigenvalue weighted by molar-refractivity contribution is -0.199. The summed E-state index contributed by atoms with van der Waals surface area (Å²) >= 11 is 1.51. The lowest BCUT2D eigenvalue weighted by atomic mass is 10.2. The fourth-order valence-electron chi connectivity index (χ4n) is 1.27. The van der Waals surface area contributed by atoms with Gasteiger partial charge in [0.05, 0.1) is 0 Å². The number of hydrogen-bond donors (Lipinski definition) is 1. The van der Waals surface area contributed by atoms with E-state index < -0.39 is 18.3 Å². The fraction of sp³-hybridized carbons (Fsp3) is 0.455. The van der Waals surface area contributed by atoms with Crippen LogP contribution < -0.4 is 10.5 Å². The summed E-state index contributed by atoms with van der Waals surface area (Å²) in [5, 5.41) is 0. The predicted molar refractivity (Wildman–Crippen MR) is 62.3 cm³/mol. The highest BCUT2D eigenvalue weighted by Crippen LogP contribution is 2.27. The van der Waals surface area contributed by atoms with Crippen LogP contribution in [-0.2, 0) is 0 Å². The standard InChI is InChI=1S/C11H14F3NOS/c1-7(15)10(11(12,13)14)16-8-3-5-9(17-2)6-4-8/h3-7,10H,15H2,1-2H3. The normalized spacial score (nSPS) is 15.4. The number of alkyl halides is 3. The molecule has 0 aromatic heterocycles. The van der Waals surface area contributed by atoms with Gasteiger partial charge < -0.3 is 10.5 Å². The van der Waals surface area contributed by atoms with Gasteiger partial charge in [-0.2, -0.15) is 13.2 Å². The lowest BCUT2D eigenvalue weighted by Gasteiger charge is -2.24. The molecule has 0 radical (unpaired) electrons. The molecular formula is C11H14F3NOS. The molecule has 0 heterocycles. The maximum Gasteiger partial charge on any atom is 0.426 e. The van der Waals surface area contributed by atoms with Gasteiger partial charge in [-0.1, -0.05) is 0 Å². The van der Waals surface area contributed by atoms with Crippen molar-refractivity contribution in [2.24, 2.45) is 5.73 Å². The van der Waals surface area contributed by atoms with Crippen LogP contribution in [0.3, 0.4) is 0 Å². The summed E-state index contributed by atoms with van der Waals surface area (Å²) < 4.78 is 42.7. The van der Waals surface area contributed by atoms with Crippen molar-refractivity contribution < 1.29 is 17.9 Å². The highest BCUT2D eigenvalue weighted by Gasteiger charge is 2.44. The molecule has 0 saturated heterocycles. The largest absolute Gasteiger partial charge is 0.479 e. The van der Waals surface area contributed by atoms with Crippen LogP contribution >= 0.6 is 11.8 Å². The van der Waals surface area contributed by atoms with Gasteiger partial charge >= 0.3 is 6.18 Å². The first-order valence-corrected chi connectivity index (χ1v) is 6.20. The third kappa shape index (κ3) is 4.12. The van der Waals surface area contributed by atoms with Crippen LogP contribution in [0.1, 0.15) is 6.92 Å². The van der Waals surface area contributed by atoms with Crippen LogP contribution in [0.5, 0.6) is 5.75 Å². The van der Waals surface area contributed by atoms with Crippen LogP contribution in [0.4, 0.5) is 13.2 Å². The number of thioether (sulfide) groups is 1. The van der Waals surface area contributed by atoms with Gasteiger partial charge in [0.2, 0.25) is 6.10 Å². The Labute approximate surface area is 102 Å². The number of nitrogens with two attached hydrogens (primary N) is 1. The van der Waals surface area contributed by atoms with E-state index in [4.69, 9.17) is 10.5 Å². The zero-order valence-electron chi connectivity index (χ0n) is 9.49. The molecule has 2 N–H and O–H groups in total. The summed E-state index contributed by atoms with van der Waals surface area (Å²) in [7, 11) is 0. The third-order valence-corrected chi connectivity index (χ3v) is 2.87. The second-order valence-corrected chi connectivity index (χ2v) is 4.49. The Kier molecular flexibility index (Phi) is 4.70. The molecule has 0 fully saturated rings. The number of rotatable bonds is 4. The van der Waals surface area contributed by atoms with E-state index in [2.05, 4.69) is 0 Å². The molecule has 2 nitrogen and oxygen atoms in total. The number of benzene rings is 1. The van der Waals surface area contributed by atoms with Crippen LogP contribution in [-0.4, -0.2) is 24.6 Å². The second kappa shape index (κ2) is 5.64. The van der Waals surface area contributed by atoms with Crippen molar-refractivity contribution in [1.82, 2.24) is 0 Å². The lowest BCUT2D eigenvalue weighted by Crippen LogP contribution is -2.47. The summed E-state index contributed by atoms with van der Waals surface area (Å²) in [6, 6.07) is 5.30. The molecule has 2 unspecified atom stereocenters. The topological polar surface area (TPSA) is 35.2 Å². The van der Waals surface area contributed by atoms with E-state index in [0.717, 1.165) is 4.90 Å². The molecule has 6 heteroatoms. The van der Waals surface area contributed by atoms with Crippen LogP contribution in [0.2, 0.25) is 0 Å². The molecule has 0 aliphatic heterocycles. The van der Waals surface area contributed by atoms with Crippen molar-refractivity contribution in [1.29, 1.82) is 0 Å². The zero-order valence-corrected chi connectivity index (χ0v) is 10.3. The summed E-state index contributed by atoms with van der Waals surface area (Å²) in [4.78, 5) is 0.960. The molecule has 2 atom stereocenters. The average Bonchev–Trinajstić information content (AvgIpc) is 2.24. The van der Waals surface area contributed by atoms with Crippen molar-refractivity contribution in [3.63, 3.8) is 0 Å². The summed E-state index contributed by atoms with van der Waals surface area (Å²) in [5.74, 6) is 0.169. The van der Waals surface area contributed by atoms with Crippen molar-refractivity contribution >= 4 is 11.8 Å². The molecule has 0 bridgehead atoms. The maximum atomic E-state index is 12.6. The summed E-state index contributed by atoms with van der Waals surface area (Å²) in [6.07, 6.45) is -4.56. The summed E-state index contributed by atoms with van der Waals surface area (Å²) in [5.41, 5.74) is 5.28. The second-order valence-electron chi connectivity index (χ2n) is 3.61. The molecule has 0 amide bonds. The number of halogens is 3. The highest BCUT2D eigenvalue weighted by molar-refractivity contribution is 7.98. The van der Waals surface area contributed by atoms with Crippen molar-refractivity contribution in [3.05, 3.63) is 24.3 Å². The molecule has 1 rings (SSSR count). The van der Waals surface area contributed by atoms with Gasteiger partial charge in [-0.25, -0.2) is 0 Å². The van der Waals surface area contributed by atoms with Crippen LogP contribution in [0.25, 0.3) is 0 Å². The van der Waals surface area contributed by atoms with Gasteiger partial charge in [0.1, 0.15) is 5.75 Å². The third-order valence-electron chi connectivity index (χ3n) is 2.12. The van der Waals surface area contributed by atoms with E-state index in [1.807, 2.05) is 6.26 Å². The van der Waals surface area contributed by atoms with Gasteiger partial charge in [0, 0.05) is 10.9 Å². The van der Waals surface area contributed by atoms with Gasteiger partial charge in [-0.15, -0.1) is 11.8 Å². The first-order chi connectivity index (χ1) is 7.84. The van der Waals surface area contributed by atoms with E-state index in [1.165, 1.54) is 30.8 Å². The van der Waals surface area contributed by atoms with E-state index in [9.17, 15) is 13.2 Å². The SMILES string of the molecule is CSc1ccc(OC(C(C)N)C(F)(F)F)cc1. The molecule has 0 spiro atoms. The number of hydrogen-bond acceptors (Lipinski definition) is 3. The first-order valence-electron chi connectivity index (χ1n) is 4.97. The van der Waals surface area contributed by atoms with Crippen LogP contribution in [0.15, 0.2) is 29.2 Å². The Morgan fingerprint density at radius 1 is 1.24 bits per heavy atom. The molecular weight excluding hydrogens is 251 g/mol. The molecule has 0 saturated carbocycles. The molecule has 0 aliphatic carbocycles. The summed E-state index contributed by atoms with van der Waals surface area (Å²) in [6.45, 7) is 1.27. The minimum absolute atomic E-state index is 0.169. The smallest absolute Gasteiger partial charge is 0.426 e. The van der Waals surface area contributed by atoms with Crippen molar-refractivity contribution in [2.75, 3.05) is 6.26 Å². The first kappa shape index (κ1) is 14.2. The van der Waals surface area contributed by atoms with E-state index in [0.29, 0.717) is 0 Å². The molecule has 0 aliphatic rings. The van der Waals surface area contributed by atoms with Gasteiger partial charge in [0.25, 0.3) is 0 Å². The van der Waals surface area contributed by atoms with Crippen molar-refractivity contribution in [3.8, 4) is 5.75 Å². The predicted octanol–water partition coefficient (Wildman–Crippen LogP) is 3.07. The maximum absolute atomic E-state index is 12.6. The quantitative estimate of drug-likeness (QED) is 0.850. The monoisotopic (exact) mass is 265 g/mol. The van der Waals surface area contributed by atoms with E-state index in [1.54, 1.807) is 12.1 Å². The Hall–Kier alpha value is -0.880. The minimum Gasteiger partial charge on any atom is -0.479 e. The van der Waals surface area contributed by atoms with E-state index >= 15 is 0 Å². The highest BCUT2D eigenvalue weighted by atomic mass is 32.2. The zero-order chi connectivity index (χ0) is 13.1. The van der Waals surface area contributed by atoms with Crippen molar-refractivity contribution in [2.45, 2.75) is 30.1 Å². The van der Waals surface area contributed by atoms with Gasteiger partial charge in [0.15, 0.2) is 0 Å². The van der Waals surface area contributed by atoms with Gasteiger partial charge in [-0.3, -0.25) is 0 Å². The van der Waals surface area contributed by atoms with Gasteiger partial charge in [-0.05, 0) is 37.4 Å². The Morgan fingerprint density at radius 3 is 2.12 bits per heavy atom. The Bertz CT molecular complexity index is 351. The molecule has 1 aromatic rings. The Balaban J connectivity index is 2.79. The number of ether oxygens (including phenoxy) is 1.